The number of rotatable bonds is 12. The van der Waals surface area contributed by atoms with Gasteiger partial charge in [0.15, 0.2) is 8.32 Å². The van der Waals surface area contributed by atoms with Gasteiger partial charge in [-0.1, -0.05) is 39.0 Å². The number of anilines is 1. The van der Waals surface area contributed by atoms with E-state index in [9.17, 15) is 9.59 Å². The van der Waals surface area contributed by atoms with Crippen molar-refractivity contribution in [1.29, 1.82) is 0 Å². The lowest BCUT2D eigenvalue weighted by Gasteiger charge is -2.37. The van der Waals surface area contributed by atoms with E-state index in [1.165, 1.54) is 0 Å². The average molecular weight is 614 g/mol. The highest BCUT2D eigenvalue weighted by Crippen LogP contribution is 2.37. The number of para-hydroxylation sites is 2. The number of carbonyl (C=O) groups excluding carboxylic acids is 2. The first-order valence-corrected chi connectivity index (χ1v) is 18.0. The van der Waals surface area contributed by atoms with E-state index in [2.05, 4.69) is 66.0 Å². The summed E-state index contributed by atoms with van der Waals surface area (Å²) in [4.78, 5) is 33.5. The van der Waals surface area contributed by atoms with Crippen molar-refractivity contribution in [1.82, 2.24) is 23.7 Å². The zero-order valence-corrected chi connectivity index (χ0v) is 27.5. The maximum atomic E-state index is 12.9. The molecule has 44 heavy (non-hydrogen) atoms. The fourth-order valence-electron chi connectivity index (χ4n) is 5.12. The Balaban J connectivity index is 1.27. The van der Waals surface area contributed by atoms with Gasteiger partial charge in [0.05, 0.1) is 35.5 Å². The summed E-state index contributed by atoms with van der Waals surface area (Å²) in [5, 5.41) is 4.24. The SMILES string of the molecule is Cn1c(CCC(=O)Nc2ccc3ccn(CC[C@H](CO[Si](C)(C)C(C)(C)C)n4cnc(C(N)=O)c4)c3c2)nc2ccccc21. The van der Waals surface area contributed by atoms with Crippen LogP contribution in [0.15, 0.2) is 67.3 Å². The topological polar surface area (TPSA) is 122 Å². The number of primary amides is 1. The number of imidazole rings is 2. The van der Waals surface area contributed by atoms with Crippen molar-refractivity contribution in [3.8, 4) is 0 Å². The van der Waals surface area contributed by atoms with Crippen LogP contribution in [0.1, 0.15) is 56.0 Å². The van der Waals surface area contributed by atoms with Gasteiger partial charge in [-0.05, 0) is 60.3 Å². The third kappa shape index (κ3) is 6.79. The molecule has 0 bridgehead atoms. The predicted octanol–water partition coefficient (Wildman–Crippen LogP) is 6.05. The number of amides is 2. The second-order valence-corrected chi connectivity index (χ2v) is 17.8. The van der Waals surface area contributed by atoms with E-state index in [0.29, 0.717) is 26.0 Å². The summed E-state index contributed by atoms with van der Waals surface area (Å²) in [5.74, 6) is 0.286. The lowest BCUT2D eigenvalue weighted by molar-refractivity contribution is -0.116. The van der Waals surface area contributed by atoms with Crippen molar-refractivity contribution in [2.75, 3.05) is 11.9 Å². The molecule has 2 aromatic carbocycles. The number of carbonyl (C=O) groups is 2. The summed E-state index contributed by atoms with van der Waals surface area (Å²) in [6.07, 6.45) is 7.08. The van der Waals surface area contributed by atoms with Crippen LogP contribution in [0.3, 0.4) is 0 Å². The number of nitrogens with one attached hydrogen (secondary N) is 1. The average Bonchev–Trinajstić information content (AvgIpc) is 3.69. The molecular formula is C33H43N7O3Si. The van der Waals surface area contributed by atoms with Gasteiger partial charge in [-0.15, -0.1) is 0 Å². The van der Waals surface area contributed by atoms with Gasteiger partial charge in [0.25, 0.3) is 5.91 Å². The highest BCUT2D eigenvalue weighted by molar-refractivity contribution is 6.74. The molecule has 1 atom stereocenters. The highest BCUT2D eigenvalue weighted by Gasteiger charge is 2.37. The third-order valence-corrected chi connectivity index (χ3v) is 13.4. The van der Waals surface area contributed by atoms with Crippen LogP contribution in [0.25, 0.3) is 21.9 Å². The summed E-state index contributed by atoms with van der Waals surface area (Å²) in [5.41, 5.74) is 9.51. The van der Waals surface area contributed by atoms with Crippen molar-refractivity contribution in [3.05, 3.63) is 78.8 Å². The van der Waals surface area contributed by atoms with Crippen LogP contribution in [-0.4, -0.2) is 50.4 Å². The first kappa shape index (κ1) is 31.2. The molecule has 232 valence electrons. The molecule has 0 aliphatic heterocycles. The zero-order chi connectivity index (χ0) is 31.6. The zero-order valence-electron chi connectivity index (χ0n) is 26.5. The summed E-state index contributed by atoms with van der Waals surface area (Å²) < 4.78 is 12.8. The number of nitrogens with two attached hydrogens (primary N) is 1. The van der Waals surface area contributed by atoms with E-state index in [1.54, 1.807) is 12.5 Å². The lowest BCUT2D eigenvalue weighted by atomic mass is 10.2. The number of nitrogens with zero attached hydrogens (tertiary/aromatic N) is 5. The normalized spacial score (nSPS) is 13.0. The molecule has 0 spiro atoms. The highest BCUT2D eigenvalue weighted by atomic mass is 28.4. The molecule has 5 aromatic rings. The van der Waals surface area contributed by atoms with E-state index in [0.717, 1.165) is 39.9 Å². The Labute approximate surface area is 259 Å². The number of hydrogen-bond donors (Lipinski definition) is 2. The molecule has 5 rings (SSSR count). The first-order valence-electron chi connectivity index (χ1n) is 15.1. The summed E-state index contributed by atoms with van der Waals surface area (Å²) in [6.45, 7) is 12.4. The van der Waals surface area contributed by atoms with E-state index < -0.39 is 14.2 Å². The standard InChI is InChI=1S/C33H43N7O3Si/c1-33(2,3)44(5,6)43-21-25(40-20-27(32(34)42)35-22-40)16-18-39-17-15-23-11-12-24(19-29(23)39)36-31(41)14-13-30-37-26-9-7-8-10-28(26)38(30)4/h7-12,15,17,19-20,22,25H,13-14,16,18,21H2,1-6H3,(H2,34,42)(H,36,41)/t25-/m1/s1. The fourth-order valence-corrected chi connectivity index (χ4v) is 6.16. The predicted molar refractivity (Wildman–Crippen MR) is 177 cm³/mol. The smallest absolute Gasteiger partial charge is 0.268 e. The number of benzene rings is 2. The van der Waals surface area contributed by atoms with Crippen molar-refractivity contribution < 1.29 is 14.0 Å². The van der Waals surface area contributed by atoms with Crippen molar-refractivity contribution in [3.63, 3.8) is 0 Å². The second-order valence-electron chi connectivity index (χ2n) is 13.0. The Morgan fingerprint density at radius 1 is 1.09 bits per heavy atom. The quantitative estimate of drug-likeness (QED) is 0.166. The fraction of sp³-hybridized carbons (Fsp3) is 0.394. The molecule has 3 N–H and O–H groups in total. The summed E-state index contributed by atoms with van der Waals surface area (Å²) >= 11 is 0. The van der Waals surface area contributed by atoms with Gasteiger partial charge in [0, 0.05) is 44.5 Å². The van der Waals surface area contributed by atoms with Crippen molar-refractivity contribution in [2.45, 2.75) is 70.8 Å². The minimum absolute atomic E-state index is 0.0344. The Bertz CT molecular complexity index is 1790. The molecule has 0 aliphatic carbocycles. The molecule has 0 radical (unpaired) electrons. The van der Waals surface area contributed by atoms with Crippen molar-refractivity contribution in [2.24, 2.45) is 12.8 Å². The molecule has 3 heterocycles. The van der Waals surface area contributed by atoms with Crippen LogP contribution >= 0.6 is 0 Å². The number of fused-ring (bicyclic) bond motifs is 2. The van der Waals surface area contributed by atoms with Gasteiger partial charge in [-0.25, -0.2) is 9.97 Å². The Morgan fingerprint density at radius 3 is 2.57 bits per heavy atom. The maximum absolute atomic E-state index is 12.9. The Hall–Kier alpha value is -4.22. The lowest BCUT2D eigenvalue weighted by Crippen LogP contribution is -2.42. The molecule has 0 unspecified atom stereocenters. The van der Waals surface area contributed by atoms with E-state index in [-0.39, 0.29) is 22.7 Å². The molecule has 3 aromatic heterocycles. The van der Waals surface area contributed by atoms with Gasteiger partial charge < -0.3 is 29.2 Å². The molecule has 0 fully saturated rings. The molecule has 11 heteroatoms. The minimum Gasteiger partial charge on any atom is -0.415 e. The monoisotopic (exact) mass is 613 g/mol. The molecule has 0 aliphatic rings. The maximum Gasteiger partial charge on any atom is 0.268 e. The van der Waals surface area contributed by atoms with Crippen LogP contribution in [0.4, 0.5) is 5.69 Å². The van der Waals surface area contributed by atoms with Gasteiger partial charge in [-0.2, -0.15) is 0 Å². The minimum atomic E-state index is -2.00. The van der Waals surface area contributed by atoms with Crippen LogP contribution in [0.5, 0.6) is 0 Å². The van der Waals surface area contributed by atoms with Crippen LogP contribution in [0, 0.1) is 0 Å². The second kappa shape index (κ2) is 12.4. The largest absolute Gasteiger partial charge is 0.415 e. The number of aromatic nitrogens is 5. The molecular weight excluding hydrogens is 570 g/mol. The van der Waals surface area contributed by atoms with Gasteiger partial charge in [-0.3, -0.25) is 9.59 Å². The molecule has 0 saturated carbocycles. The van der Waals surface area contributed by atoms with Crippen LogP contribution < -0.4 is 11.1 Å². The molecule has 0 saturated heterocycles. The Morgan fingerprint density at radius 2 is 1.86 bits per heavy atom. The number of aryl methyl sites for hydroxylation is 3. The molecule has 2 amide bonds. The van der Waals surface area contributed by atoms with E-state index in [1.807, 2.05) is 58.6 Å². The summed E-state index contributed by atoms with van der Waals surface area (Å²) in [7, 11) is -0.0119. The molecule has 10 nitrogen and oxygen atoms in total. The van der Waals surface area contributed by atoms with Crippen LogP contribution in [-0.2, 0) is 29.2 Å². The number of hydrogen-bond acceptors (Lipinski definition) is 5. The van der Waals surface area contributed by atoms with Crippen LogP contribution in [0.2, 0.25) is 18.1 Å². The van der Waals surface area contributed by atoms with Gasteiger partial charge in [0.1, 0.15) is 11.5 Å². The first-order chi connectivity index (χ1) is 20.8. The third-order valence-electron chi connectivity index (χ3n) is 8.93. The van der Waals surface area contributed by atoms with E-state index >= 15 is 0 Å². The van der Waals surface area contributed by atoms with Gasteiger partial charge >= 0.3 is 0 Å². The summed E-state index contributed by atoms with van der Waals surface area (Å²) in [6, 6.07) is 16.0. The van der Waals surface area contributed by atoms with Crippen molar-refractivity contribution >= 4 is 47.8 Å². The van der Waals surface area contributed by atoms with Gasteiger partial charge in [0.2, 0.25) is 5.91 Å². The van der Waals surface area contributed by atoms with E-state index in [4.69, 9.17) is 10.2 Å². The Kier molecular flexibility index (Phi) is 8.80.